The average molecular weight is 247 g/mol. The minimum Gasteiger partial charge on any atom is -0.480 e. The lowest BCUT2D eigenvalue weighted by Crippen LogP contribution is -2.47. The normalized spacial score (nSPS) is 17.9. The van der Waals surface area contributed by atoms with E-state index in [1.807, 2.05) is 6.92 Å². The first-order valence-corrected chi connectivity index (χ1v) is 6.25. The number of hydrogen-bond acceptors (Lipinski definition) is 4. The zero-order valence-corrected chi connectivity index (χ0v) is 10.9. The molecule has 0 spiro atoms. The van der Waals surface area contributed by atoms with Gasteiger partial charge in [0.2, 0.25) is 0 Å². The average Bonchev–Trinajstić information content (AvgIpc) is 2.17. The summed E-state index contributed by atoms with van der Waals surface area (Å²) in [7, 11) is 0. The molecule has 2 atom stereocenters. The van der Waals surface area contributed by atoms with E-state index in [-0.39, 0.29) is 5.25 Å². The first kappa shape index (κ1) is 15.2. The summed E-state index contributed by atoms with van der Waals surface area (Å²) in [6.45, 7) is 5.90. The summed E-state index contributed by atoms with van der Waals surface area (Å²) in [6, 6.07) is 0. The lowest BCUT2D eigenvalue weighted by atomic mass is 10.1. The Labute approximate surface area is 101 Å². The van der Waals surface area contributed by atoms with Crippen LogP contribution in [0.3, 0.4) is 0 Å². The van der Waals surface area contributed by atoms with Gasteiger partial charge in [0.1, 0.15) is 5.54 Å². The Bertz CT molecular complexity index is 263. The van der Waals surface area contributed by atoms with E-state index in [0.717, 1.165) is 6.42 Å². The third-order valence-electron chi connectivity index (χ3n) is 2.11. The highest BCUT2D eigenvalue weighted by Gasteiger charge is 2.28. The minimum atomic E-state index is -1.18. The molecule has 0 bridgehead atoms. The highest BCUT2D eigenvalue weighted by molar-refractivity contribution is 8.00. The first-order valence-electron chi connectivity index (χ1n) is 5.20. The predicted octanol–water partition coefficient (Wildman–Crippen LogP) is 0.677. The van der Waals surface area contributed by atoms with Crippen molar-refractivity contribution in [2.24, 2.45) is 16.5 Å². The van der Waals surface area contributed by atoms with E-state index >= 15 is 0 Å². The number of hydrogen-bond donors (Lipinski definition) is 3. The van der Waals surface area contributed by atoms with Crippen LogP contribution in [0.1, 0.15) is 27.2 Å². The van der Waals surface area contributed by atoms with Crippen molar-refractivity contribution in [3.8, 4) is 0 Å². The molecule has 0 aromatic carbocycles. The zero-order valence-electron chi connectivity index (χ0n) is 10.1. The molecule has 94 valence electrons. The number of amidine groups is 1. The highest BCUT2D eigenvalue weighted by Crippen LogP contribution is 2.19. The predicted molar refractivity (Wildman–Crippen MR) is 68.9 cm³/mol. The Morgan fingerprint density at radius 3 is 2.56 bits per heavy atom. The first-order chi connectivity index (χ1) is 7.29. The standard InChI is InChI=1S/C10H21N3O2S/c1-4-8(5-13-7(2)11)16-6-10(3,12)9(14)15/h8H,4-6,12H2,1-3H3,(H2,11,13)(H,14,15). The van der Waals surface area contributed by atoms with Crippen molar-refractivity contribution in [2.75, 3.05) is 12.3 Å². The van der Waals surface area contributed by atoms with Gasteiger partial charge in [0.05, 0.1) is 12.4 Å². The Hall–Kier alpha value is -0.750. The third-order valence-corrected chi connectivity index (χ3v) is 3.83. The lowest BCUT2D eigenvalue weighted by Gasteiger charge is -2.21. The maximum absolute atomic E-state index is 10.8. The van der Waals surface area contributed by atoms with Crippen LogP contribution < -0.4 is 11.5 Å². The number of carboxylic acids is 1. The number of carboxylic acid groups (broad SMARTS) is 1. The molecule has 0 heterocycles. The fraction of sp³-hybridized carbons (Fsp3) is 0.800. The number of nitrogens with two attached hydrogens (primary N) is 2. The van der Waals surface area contributed by atoms with Crippen molar-refractivity contribution in [1.29, 1.82) is 0 Å². The van der Waals surface area contributed by atoms with Gasteiger partial charge in [-0.1, -0.05) is 6.92 Å². The van der Waals surface area contributed by atoms with E-state index in [1.54, 1.807) is 6.92 Å². The fourth-order valence-corrected chi connectivity index (χ4v) is 2.02. The largest absolute Gasteiger partial charge is 0.480 e. The van der Waals surface area contributed by atoms with E-state index in [4.69, 9.17) is 16.6 Å². The van der Waals surface area contributed by atoms with Gasteiger partial charge in [0.15, 0.2) is 0 Å². The second-order valence-electron chi connectivity index (χ2n) is 4.05. The van der Waals surface area contributed by atoms with Gasteiger partial charge in [-0.15, -0.1) is 0 Å². The SMILES string of the molecule is CCC(CN=C(C)N)SCC(C)(N)C(=O)O. The molecule has 0 aromatic heterocycles. The van der Waals surface area contributed by atoms with Gasteiger partial charge in [0.25, 0.3) is 0 Å². The number of aliphatic carboxylic acids is 1. The molecule has 0 saturated carbocycles. The Morgan fingerprint density at radius 1 is 1.62 bits per heavy atom. The van der Waals surface area contributed by atoms with Crippen molar-refractivity contribution in [3.63, 3.8) is 0 Å². The van der Waals surface area contributed by atoms with Crippen LogP contribution in [-0.4, -0.2) is 40.0 Å². The minimum absolute atomic E-state index is 0.265. The third kappa shape index (κ3) is 5.97. The van der Waals surface area contributed by atoms with Gasteiger partial charge in [-0.3, -0.25) is 9.79 Å². The summed E-state index contributed by atoms with van der Waals surface area (Å²) >= 11 is 1.53. The van der Waals surface area contributed by atoms with Gasteiger partial charge in [-0.25, -0.2) is 0 Å². The molecule has 6 heteroatoms. The molecule has 5 nitrogen and oxygen atoms in total. The van der Waals surface area contributed by atoms with E-state index in [0.29, 0.717) is 18.1 Å². The van der Waals surface area contributed by atoms with Crippen molar-refractivity contribution < 1.29 is 9.90 Å². The van der Waals surface area contributed by atoms with Gasteiger partial charge < -0.3 is 16.6 Å². The highest BCUT2D eigenvalue weighted by atomic mass is 32.2. The maximum atomic E-state index is 10.8. The van der Waals surface area contributed by atoms with Crippen LogP contribution in [0.5, 0.6) is 0 Å². The van der Waals surface area contributed by atoms with Crippen LogP contribution in [0, 0.1) is 0 Å². The molecule has 16 heavy (non-hydrogen) atoms. The van der Waals surface area contributed by atoms with Gasteiger partial charge in [-0.2, -0.15) is 11.8 Å². The molecule has 0 aromatic rings. The topological polar surface area (TPSA) is 102 Å². The number of carbonyl (C=O) groups is 1. The number of thioether (sulfide) groups is 1. The molecule has 2 unspecified atom stereocenters. The molecule has 0 amide bonds. The Kier molecular flexibility index (Phi) is 6.43. The van der Waals surface area contributed by atoms with Crippen LogP contribution in [0.2, 0.25) is 0 Å². The van der Waals surface area contributed by atoms with E-state index < -0.39 is 11.5 Å². The quantitative estimate of drug-likeness (QED) is 0.453. The number of aliphatic imine (C=N–C) groups is 1. The van der Waals surface area contributed by atoms with Gasteiger partial charge >= 0.3 is 5.97 Å². The van der Waals surface area contributed by atoms with Gasteiger partial charge in [0, 0.05) is 11.0 Å². The molecule has 0 rings (SSSR count). The molecular weight excluding hydrogens is 226 g/mol. The molecule has 0 fully saturated rings. The molecule has 5 N–H and O–H groups in total. The van der Waals surface area contributed by atoms with Crippen LogP contribution in [0.25, 0.3) is 0 Å². The molecule has 0 aliphatic carbocycles. The summed E-state index contributed by atoms with van der Waals surface area (Å²) in [5, 5.41) is 9.12. The van der Waals surface area contributed by atoms with Crippen molar-refractivity contribution in [3.05, 3.63) is 0 Å². The molecule has 0 saturated heterocycles. The zero-order chi connectivity index (χ0) is 12.8. The summed E-state index contributed by atoms with van der Waals surface area (Å²) in [5.41, 5.74) is 9.90. The maximum Gasteiger partial charge on any atom is 0.324 e. The second kappa shape index (κ2) is 6.75. The van der Waals surface area contributed by atoms with Crippen LogP contribution >= 0.6 is 11.8 Å². The summed E-state index contributed by atoms with van der Waals surface area (Å²) in [6.07, 6.45) is 0.914. The van der Waals surface area contributed by atoms with Crippen LogP contribution in [0.4, 0.5) is 0 Å². The van der Waals surface area contributed by atoms with E-state index in [9.17, 15) is 4.79 Å². The van der Waals surface area contributed by atoms with Crippen molar-refractivity contribution >= 4 is 23.6 Å². The Balaban J connectivity index is 4.15. The van der Waals surface area contributed by atoms with Crippen molar-refractivity contribution in [1.82, 2.24) is 0 Å². The number of nitrogens with zero attached hydrogens (tertiary/aromatic N) is 1. The lowest BCUT2D eigenvalue weighted by molar-refractivity contribution is -0.141. The molecule has 0 radical (unpaired) electrons. The second-order valence-corrected chi connectivity index (χ2v) is 5.33. The smallest absolute Gasteiger partial charge is 0.324 e. The summed E-state index contributed by atoms with van der Waals surface area (Å²) in [5.74, 6) is -0.0545. The van der Waals surface area contributed by atoms with E-state index in [1.165, 1.54) is 18.7 Å². The summed E-state index contributed by atoms with van der Waals surface area (Å²) < 4.78 is 0. The molecule has 0 aliphatic rings. The molecule has 0 aliphatic heterocycles. The number of rotatable bonds is 7. The van der Waals surface area contributed by atoms with Gasteiger partial charge in [-0.05, 0) is 20.3 Å². The summed E-state index contributed by atoms with van der Waals surface area (Å²) in [4.78, 5) is 14.9. The van der Waals surface area contributed by atoms with Crippen LogP contribution in [0.15, 0.2) is 4.99 Å². The Morgan fingerprint density at radius 2 is 2.19 bits per heavy atom. The monoisotopic (exact) mass is 247 g/mol. The van der Waals surface area contributed by atoms with Crippen LogP contribution in [-0.2, 0) is 4.79 Å². The fourth-order valence-electron chi connectivity index (χ4n) is 0.898. The van der Waals surface area contributed by atoms with E-state index in [2.05, 4.69) is 4.99 Å². The van der Waals surface area contributed by atoms with Crippen molar-refractivity contribution in [2.45, 2.75) is 38.0 Å². The molecular formula is C10H21N3O2S.